The largest absolute Gasteiger partial charge is 0.325 e. The van der Waals surface area contributed by atoms with Crippen LogP contribution in [0.15, 0.2) is 0 Å². The van der Waals surface area contributed by atoms with Crippen LogP contribution in [0.5, 0.6) is 0 Å². The normalized spacial score (nSPS) is 45.1. The van der Waals surface area contributed by atoms with E-state index in [9.17, 15) is 8.42 Å². The van der Waals surface area contributed by atoms with Crippen molar-refractivity contribution in [2.24, 2.45) is 23.5 Å². The second kappa shape index (κ2) is 5.36. The van der Waals surface area contributed by atoms with Crippen LogP contribution < -0.4 is 5.73 Å². The summed E-state index contributed by atoms with van der Waals surface area (Å²) in [6.07, 6.45) is 8.65. The van der Waals surface area contributed by atoms with Gasteiger partial charge in [0.15, 0.2) is 0 Å². The van der Waals surface area contributed by atoms with Crippen LogP contribution in [0.1, 0.15) is 58.8 Å². The van der Waals surface area contributed by atoms with Crippen LogP contribution in [0.4, 0.5) is 0 Å². The monoisotopic (exact) mass is 287 g/mol. The molecule has 2 aliphatic carbocycles. The summed E-state index contributed by atoms with van der Waals surface area (Å²) in [5.74, 6) is 1.59. The minimum Gasteiger partial charge on any atom is -0.325 e. The molecule has 2 aliphatic rings. The van der Waals surface area contributed by atoms with Gasteiger partial charge in [-0.3, -0.25) is 0 Å². The molecule has 2 N–H and O–H groups in total. The Bertz CT molecular complexity index is 420. The van der Waals surface area contributed by atoms with Gasteiger partial charge in [-0.25, -0.2) is 8.42 Å². The molecule has 0 aromatic heterocycles. The van der Waals surface area contributed by atoms with Gasteiger partial charge < -0.3 is 5.73 Å². The minimum absolute atomic E-state index is 0.138. The first-order chi connectivity index (χ1) is 8.73. The summed E-state index contributed by atoms with van der Waals surface area (Å²) in [5.41, 5.74) is 6.64. The summed E-state index contributed by atoms with van der Waals surface area (Å²) in [6.45, 7) is 4.54. The number of hydrogen-bond donors (Lipinski definition) is 1. The fraction of sp³-hybridized carbons (Fsp3) is 1.00. The van der Waals surface area contributed by atoms with Gasteiger partial charge in [-0.15, -0.1) is 0 Å². The zero-order valence-corrected chi connectivity index (χ0v) is 13.4. The van der Waals surface area contributed by atoms with Crippen molar-refractivity contribution >= 4 is 9.84 Å². The Morgan fingerprint density at radius 1 is 1.11 bits per heavy atom. The number of sulfone groups is 1. The molecule has 4 heteroatoms. The van der Waals surface area contributed by atoms with E-state index >= 15 is 0 Å². The Morgan fingerprint density at radius 2 is 1.79 bits per heavy atom. The van der Waals surface area contributed by atoms with E-state index in [0.29, 0.717) is 17.8 Å². The van der Waals surface area contributed by atoms with Crippen molar-refractivity contribution in [2.75, 3.05) is 6.26 Å². The molecule has 3 nitrogen and oxygen atoms in total. The van der Waals surface area contributed by atoms with Gasteiger partial charge in [0, 0.05) is 11.8 Å². The molecule has 2 saturated carbocycles. The van der Waals surface area contributed by atoms with E-state index in [1.807, 2.05) is 0 Å². The van der Waals surface area contributed by atoms with Gasteiger partial charge in [-0.2, -0.15) is 0 Å². The quantitative estimate of drug-likeness (QED) is 0.849. The predicted octanol–water partition coefficient (Wildman–Crippen LogP) is 2.74. The Morgan fingerprint density at radius 3 is 2.42 bits per heavy atom. The lowest BCUT2D eigenvalue weighted by molar-refractivity contribution is 0.0760. The molecule has 0 saturated heterocycles. The summed E-state index contributed by atoms with van der Waals surface area (Å²) in [5, 5.41) is -0.156. The second-order valence-electron chi connectivity index (χ2n) is 7.22. The molecule has 2 rings (SSSR count). The van der Waals surface area contributed by atoms with Gasteiger partial charge in [0.1, 0.15) is 9.84 Å². The molecule has 0 aromatic rings. The van der Waals surface area contributed by atoms with Crippen LogP contribution in [-0.2, 0) is 9.84 Å². The maximum absolute atomic E-state index is 11.8. The second-order valence-corrected chi connectivity index (χ2v) is 9.54. The standard InChI is InChI=1S/C15H29NO2S/c1-11-7-8-12(2)15(16,10-11)13-5-4-6-14(9-13)19(3,17)18/h11-14H,4-10,16H2,1-3H3. The van der Waals surface area contributed by atoms with E-state index in [1.54, 1.807) is 0 Å². The van der Waals surface area contributed by atoms with E-state index < -0.39 is 9.84 Å². The van der Waals surface area contributed by atoms with Crippen molar-refractivity contribution in [2.45, 2.75) is 69.6 Å². The van der Waals surface area contributed by atoms with Gasteiger partial charge in [-0.05, 0) is 49.9 Å². The van der Waals surface area contributed by atoms with E-state index in [-0.39, 0.29) is 10.8 Å². The topological polar surface area (TPSA) is 60.2 Å². The Balaban J connectivity index is 2.15. The number of hydrogen-bond acceptors (Lipinski definition) is 3. The maximum Gasteiger partial charge on any atom is 0.150 e. The van der Waals surface area contributed by atoms with Crippen molar-refractivity contribution in [1.82, 2.24) is 0 Å². The highest BCUT2D eigenvalue weighted by Crippen LogP contribution is 2.45. The Kier molecular flexibility index (Phi) is 4.32. The smallest absolute Gasteiger partial charge is 0.150 e. The average Bonchev–Trinajstić information content (AvgIpc) is 2.33. The lowest BCUT2D eigenvalue weighted by Crippen LogP contribution is -2.57. The molecular formula is C15H29NO2S. The molecule has 0 bridgehead atoms. The first kappa shape index (κ1) is 15.3. The third-order valence-electron chi connectivity index (χ3n) is 5.70. The Hall–Kier alpha value is -0.0900. The molecule has 0 aromatic carbocycles. The van der Waals surface area contributed by atoms with Gasteiger partial charge in [0.25, 0.3) is 0 Å². The summed E-state index contributed by atoms with van der Waals surface area (Å²) in [7, 11) is -2.91. The van der Waals surface area contributed by atoms with Crippen LogP contribution in [0, 0.1) is 17.8 Å². The van der Waals surface area contributed by atoms with E-state index in [0.717, 1.165) is 32.1 Å². The molecule has 0 aliphatic heterocycles. The SMILES string of the molecule is CC1CCC(C)C(N)(C2CCCC(S(C)(=O)=O)C2)C1. The highest BCUT2D eigenvalue weighted by molar-refractivity contribution is 7.91. The van der Waals surface area contributed by atoms with Crippen LogP contribution in [0.25, 0.3) is 0 Å². The maximum atomic E-state index is 11.8. The molecule has 2 fully saturated rings. The highest BCUT2D eigenvalue weighted by atomic mass is 32.2. The third-order valence-corrected chi connectivity index (χ3v) is 7.34. The van der Waals surface area contributed by atoms with Crippen molar-refractivity contribution in [3.05, 3.63) is 0 Å². The molecule has 5 atom stereocenters. The van der Waals surface area contributed by atoms with Crippen LogP contribution in [0.3, 0.4) is 0 Å². The highest BCUT2D eigenvalue weighted by Gasteiger charge is 2.45. The van der Waals surface area contributed by atoms with Crippen LogP contribution in [0.2, 0.25) is 0 Å². The number of nitrogens with two attached hydrogens (primary N) is 1. The fourth-order valence-electron chi connectivity index (χ4n) is 4.30. The zero-order valence-electron chi connectivity index (χ0n) is 12.6. The van der Waals surface area contributed by atoms with Crippen LogP contribution in [-0.4, -0.2) is 25.5 Å². The first-order valence-corrected chi connectivity index (χ1v) is 9.66. The predicted molar refractivity (Wildman–Crippen MR) is 79.7 cm³/mol. The fourth-order valence-corrected chi connectivity index (χ4v) is 5.48. The van der Waals surface area contributed by atoms with Crippen molar-refractivity contribution < 1.29 is 8.42 Å². The summed E-state index contributed by atoms with van der Waals surface area (Å²) < 4.78 is 23.6. The molecule has 0 heterocycles. The van der Waals surface area contributed by atoms with Crippen LogP contribution >= 0.6 is 0 Å². The third kappa shape index (κ3) is 3.15. The van der Waals surface area contributed by atoms with E-state index in [2.05, 4.69) is 13.8 Å². The van der Waals surface area contributed by atoms with Crippen molar-refractivity contribution in [1.29, 1.82) is 0 Å². The molecule has 0 radical (unpaired) electrons. The lowest BCUT2D eigenvalue weighted by Gasteiger charge is -2.49. The van der Waals surface area contributed by atoms with Crippen molar-refractivity contribution in [3.63, 3.8) is 0 Å². The van der Waals surface area contributed by atoms with E-state index in [4.69, 9.17) is 5.73 Å². The lowest BCUT2D eigenvalue weighted by atomic mass is 9.61. The van der Waals surface area contributed by atoms with Gasteiger partial charge in [0.05, 0.1) is 5.25 Å². The zero-order chi connectivity index (χ0) is 14.3. The minimum atomic E-state index is -2.91. The first-order valence-electron chi connectivity index (χ1n) is 7.71. The summed E-state index contributed by atoms with van der Waals surface area (Å²) in [4.78, 5) is 0. The molecule has 5 unspecified atom stereocenters. The van der Waals surface area contributed by atoms with E-state index in [1.165, 1.54) is 19.1 Å². The Labute approximate surface area is 118 Å². The van der Waals surface area contributed by atoms with Crippen molar-refractivity contribution in [3.8, 4) is 0 Å². The van der Waals surface area contributed by atoms with Gasteiger partial charge in [0.2, 0.25) is 0 Å². The molecule has 112 valence electrons. The average molecular weight is 287 g/mol. The molecule has 19 heavy (non-hydrogen) atoms. The van der Waals surface area contributed by atoms with Gasteiger partial charge >= 0.3 is 0 Å². The van der Waals surface area contributed by atoms with Gasteiger partial charge in [-0.1, -0.05) is 26.7 Å². The summed E-state index contributed by atoms with van der Waals surface area (Å²) >= 11 is 0. The molecule has 0 spiro atoms. The molecular weight excluding hydrogens is 258 g/mol. The molecule has 0 amide bonds. The summed E-state index contributed by atoms with van der Waals surface area (Å²) in [6, 6.07) is 0. The number of rotatable bonds is 2.